The Morgan fingerprint density at radius 2 is 2.08 bits per heavy atom. The molecule has 1 aromatic carbocycles. The van der Waals surface area contributed by atoms with E-state index in [0.717, 1.165) is 13.4 Å². The summed E-state index contributed by atoms with van der Waals surface area (Å²) in [5.74, 6) is -1.40. The molecule has 8 nitrogen and oxygen atoms in total. The number of methoxy groups -OCH3 is 1. The molecule has 1 aromatic heterocycles. The molecule has 0 radical (unpaired) electrons. The normalized spacial score (nSPS) is 19.0. The van der Waals surface area contributed by atoms with Gasteiger partial charge in [-0.15, -0.1) is 0 Å². The number of phenolic OH excluding ortho intramolecular Hbond substituents is 1. The van der Waals surface area contributed by atoms with Gasteiger partial charge < -0.3 is 29.2 Å². The number of aliphatic hydroxyl groups excluding tert-OH is 2. The SMILES string of the molecule is COC(=O)C1(CO)OC=Cc2oc3cc(CO)cc(O)c3c(=O)c21. The van der Waals surface area contributed by atoms with Crippen LogP contribution in [0.2, 0.25) is 0 Å². The number of aliphatic hydroxyl groups is 2. The molecule has 2 heterocycles. The minimum absolute atomic E-state index is 0.00677. The molecule has 0 fully saturated rings. The molecule has 1 atom stereocenters. The fourth-order valence-electron chi connectivity index (χ4n) is 2.73. The molecule has 8 heteroatoms. The third-order valence-corrected chi connectivity index (χ3v) is 3.87. The van der Waals surface area contributed by atoms with Crippen molar-refractivity contribution in [2.75, 3.05) is 13.7 Å². The third-order valence-electron chi connectivity index (χ3n) is 3.87. The second kappa shape index (κ2) is 5.66. The Kier molecular flexibility index (Phi) is 3.78. The van der Waals surface area contributed by atoms with Crippen LogP contribution in [0.1, 0.15) is 16.9 Å². The molecule has 0 saturated carbocycles. The van der Waals surface area contributed by atoms with E-state index in [1.54, 1.807) is 0 Å². The fraction of sp³-hybridized carbons (Fsp3) is 0.250. The maximum absolute atomic E-state index is 12.9. The van der Waals surface area contributed by atoms with Crippen LogP contribution in [0.4, 0.5) is 0 Å². The van der Waals surface area contributed by atoms with E-state index in [0.29, 0.717) is 5.56 Å². The first-order chi connectivity index (χ1) is 11.5. The van der Waals surface area contributed by atoms with E-state index in [1.165, 1.54) is 18.2 Å². The highest BCUT2D eigenvalue weighted by Crippen LogP contribution is 2.36. The smallest absolute Gasteiger partial charge is 0.357 e. The number of rotatable bonds is 3. The van der Waals surface area contributed by atoms with Crippen LogP contribution in [0.25, 0.3) is 17.0 Å². The minimum Gasteiger partial charge on any atom is -0.507 e. The molecule has 1 unspecified atom stereocenters. The average Bonchev–Trinajstić information content (AvgIpc) is 2.59. The van der Waals surface area contributed by atoms with Gasteiger partial charge in [0.15, 0.2) is 0 Å². The summed E-state index contributed by atoms with van der Waals surface area (Å²) in [6.45, 7) is -1.21. The number of esters is 1. The summed E-state index contributed by atoms with van der Waals surface area (Å²) >= 11 is 0. The number of carbonyl (C=O) groups is 1. The Morgan fingerprint density at radius 3 is 2.71 bits per heavy atom. The molecule has 0 bridgehead atoms. The predicted octanol–water partition coefficient (Wildman–Crippen LogP) is 0.352. The quantitative estimate of drug-likeness (QED) is 0.687. The van der Waals surface area contributed by atoms with Crippen molar-refractivity contribution in [3.8, 4) is 5.75 Å². The number of hydrogen-bond donors (Lipinski definition) is 3. The highest BCUT2D eigenvalue weighted by atomic mass is 16.6. The molecule has 1 aliphatic heterocycles. The van der Waals surface area contributed by atoms with E-state index < -0.39 is 29.4 Å². The Balaban J connectivity index is 2.42. The zero-order chi connectivity index (χ0) is 17.5. The van der Waals surface area contributed by atoms with Crippen molar-refractivity contribution in [2.24, 2.45) is 0 Å². The van der Waals surface area contributed by atoms with Crippen LogP contribution < -0.4 is 5.43 Å². The monoisotopic (exact) mass is 334 g/mol. The molecule has 3 rings (SSSR count). The topological polar surface area (TPSA) is 126 Å². The van der Waals surface area contributed by atoms with E-state index in [2.05, 4.69) is 4.74 Å². The number of aromatic hydroxyl groups is 1. The number of ether oxygens (including phenoxy) is 2. The lowest BCUT2D eigenvalue weighted by atomic mass is 9.90. The Hall–Kier alpha value is -2.84. The highest BCUT2D eigenvalue weighted by molar-refractivity contribution is 5.89. The molecule has 1 aliphatic rings. The first kappa shape index (κ1) is 16.0. The van der Waals surface area contributed by atoms with E-state index in [4.69, 9.17) is 9.15 Å². The molecule has 0 amide bonds. The van der Waals surface area contributed by atoms with Crippen molar-refractivity contribution >= 4 is 23.0 Å². The van der Waals surface area contributed by atoms with Crippen molar-refractivity contribution in [1.29, 1.82) is 0 Å². The Bertz CT molecular complexity index is 910. The zero-order valence-corrected chi connectivity index (χ0v) is 12.6. The molecule has 126 valence electrons. The van der Waals surface area contributed by atoms with Gasteiger partial charge in [-0.2, -0.15) is 0 Å². The van der Waals surface area contributed by atoms with Crippen molar-refractivity contribution in [2.45, 2.75) is 12.2 Å². The van der Waals surface area contributed by atoms with Gasteiger partial charge in [0.05, 0.1) is 26.6 Å². The second-order valence-electron chi connectivity index (χ2n) is 5.21. The van der Waals surface area contributed by atoms with E-state index >= 15 is 0 Å². The summed E-state index contributed by atoms with van der Waals surface area (Å²) in [4.78, 5) is 25.0. The summed E-state index contributed by atoms with van der Waals surface area (Å²) in [5.41, 5.74) is -2.70. The van der Waals surface area contributed by atoms with Gasteiger partial charge in [-0.1, -0.05) is 0 Å². The second-order valence-corrected chi connectivity index (χ2v) is 5.21. The van der Waals surface area contributed by atoms with Crippen LogP contribution in [0.3, 0.4) is 0 Å². The molecular formula is C16H14O8. The number of phenols is 1. The van der Waals surface area contributed by atoms with Crippen LogP contribution in [-0.2, 0) is 26.5 Å². The minimum atomic E-state index is -2.07. The van der Waals surface area contributed by atoms with Crippen LogP contribution in [0.15, 0.2) is 27.6 Å². The zero-order valence-electron chi connectivity index (χ0n) is 12.6. The van der Waals surface area contributed by atoms with Gasteiger partial charge in [-0.05, 0) is 17.7 Å². The van der Waals surface area contributed by atoms with Crippen molar-refractivity contribution < 1.29 is 34.0 Å². The lowest BCUT2D eigenvalue weighted by molar-refractivity contribution is -0.169. The van der Waals surface area contributed by atoms with Crippen molar-refractivity contribution in [3.05, 3.63) is 45.5 Å². The average molecular weight is 334 g/mol. The molecule has 2 aromatic rings. The third kappa shape index (κ3) is 2.08. The fourth-order valence-corrected chi connectivity index (χ4v) is 2.73. The van der Waals surface area contributed by atoms with Gasteiger partial charge in [0.25, 0.3) is 5.60 Å². The van der Waals surface area contributed by atoms with E-state index in [-0.39, 0.29) is 28.9 Å². The van der Waals surface area contributed by atoms with Crippen molar-refractivity contribution in [3.63, 3.8) is 0 Å². The number of benzene rings is 1. The van der Waals surface area contributed by atoms with Gasteiger partial charge >= 0.3 is 5.97 Å². The summed E-state index contributed by atoms with van der Waals surface area (Å²) in [7, 11) is 1.09. The molecular weight excluding hydrogens is 320 g/mol. The number of carbonyl (C=O) groups excluding carboxylic acids is 1. The van der Waals surface area contributed by atoms with Gasteiger partial charge in [-0.3, -0.25) is 4.79 Å². The number of hydrogen-bond acceptors (Lipinski definition) is 8. The molecule has 3 N–H and O–H groups in total. The Labute approximate surface area is 135 Å². The van der Waals surface area contributed by atoms with Gasteiger partial charge in [0.1, 0.15) is 28.0 Å². The van der Waals surface area contributed by atoms with Crippen LogP contribution >= 0.6 is 0 Å². The largest absolute Gasteiger partial charge is 0.507 e. The summed E-state index contributed by atoms with van der Waals surface area (Å²) < 4.78 is 15.4. The lowest BCUT2D eigenvalue weighted by Gasteiger charge is -2.31. The van der Waals surface area contributed by atoms with E-state index in [1.807, 2.05) is 0 Å². The standard InChI is InChI=1S/C16H14O8/c1-22-15(21)16(7-18)13-10(2-3-23-16)24-11-5-8(6-17)4-9(19)12(11)14(13)20/h2-5,17-19H,6-7H2,1H3. The predicted molar refractivity (Wildman–Crippen MR) is 81.0 cm³/mol. The summed E-state index contributed by atoms with van der Waals surface area (Å²) in [5, 5.41) is 28.8. The summed E-state index contributed by atoms with van der Waals surface area (Å²) in [6, 6.07) is 2.61. The number of fused-ring (bicyclic) bond motifs is 2. The summed E-state index contributed by atoms with van der Waals surface area (Å²) in [6.07, 6.45) is 2.43. The van der Waals surface area contributed by atoms with Crippen LogP contribution in [0, 0.1) is 0 Å². The first-order valence-corrected chi connectivity index (χ1v) is 6.96. The van der Waals surface area contributed by atoms with Gasteiger partial charge in [0.2, 0.25) is 5.43 Å². The lowest BCUT2D eigenvalue weighted by Crippen LogP contribution is -2.47. The molecule has 0 spiro atoms. The molecule has 24 heavy (non-hydrogen) atoms. The molecule has 0 saturated heterocycles. The van der Waals surface area contributed by atoms with Crippen molar-refractivity contribution in [1.82, 2.24) is 0 Å². The maximum Gasteiger partial charge on any atom is 0.357 e. The Morgan fingerprint density at radius 1 is 1.33 bits per heavy atom. The van der Waals surface area contributed by atoms with Crippen LogP contribution in [0.5, 0.6) is 5.75 Å². The van der Waals surface area contributed by atoms with Crippen LogP contribution in [-0.4, -0.2) is 35.0 Å². The van der Waals surface area contributed by atoms with Gasteiger partial charge in [0, 0.05) is 6.08 Å². The highest BCUT2D eigenvalue weighted by Gasteiger charge is 2.49. The maximum atomic E-state index is 12.9. The first-order valence-electron chi connectivity index (χ1n) is 6.96. The van der Waals surface area contributed by atoms with Gasteiger partial charge in [-0.25, -0.2) is 4.79 Å². The van der Waals surface area contributed by atoms with E-state index in [9.17, 15) is 24.9 Å². The molecule has 0 aliphatic carbocycles.